The topological polar surface area (TPSA) is 43.7 Å². The van der Waals surface area contributed by atoms with Crippen LogP contribution >= 0.6 is 0 Å². The highest BCUT2D eigenvalue weighted by atomic mass is 16.3. The van der Waals surface area contributed by atoms with E-state index in [2.05, 4.69) is 4.90 Å². The van der Waals surface area contributed by atoms with Crippen LogP contribution in [0.15, 0.2) is 24.3 Å². The first-order valence-corrected chi connectivity index (χ1v) is 6.32. The van der Waals surface area contributed by atoms with Gasteiger partial charge in [-0.25, -0.2) is 0 Å². The molecule has 1 aliphatic carbocycles. The molecule has 3 nitrogen and oxygen atoms in total. The second-order valence-electron chi connectivity index (χ2n) is 5.16. The summed E-state index contributed by atoms with van der Waals surface area (Å²) in [5.74, 6) is 0.276. The largest absolute Gasteiger partial charge is 0.508 e. The first-order valence-electron chi connectivity index (χ1n) is 6.32. The molecule has 2 rings (SSSR count). The first kappa shape index (κ1) is 12.2. The molecule has 1 aromatic carbocycles. The van der Waals surface area contributed by atoms with Crippen LogP contribution in [0.3, 0.4) is 0 Å². The standard InChI is InChI=1S/C14H21NO2/c1-15(12-5-7-13(16)8-6-12)11-14(17)9-3-2-4-10-14/h5-8,16-17H,2-4,9-11H2,1H3. The van der Waals surface area contributed by atoms with Crippen LogP contribution in [0.5, 0.6) is 5.75 Å². The van der Waals surface area contributed by atoms with Crippen molar-refractivity contribution < 1.29 is 10.2 Å². The van der Waals surface area contributed by atoms with Gasteiger partial charge in [-0.3, -0.25) is 0 Å². The molecule has 17 heavy (non-hydrogen) atoms. The molecule has 0 bridgehead atoms. The summed E-state index contributed by atoms with van der Waals surface area (Å²) in [7, 11) is 1.99. The number of benzene rings is 1. The number of rotatable bonds is 3. The maximum Gasteiger partial charge on any atom is 0.115 e. The Balaban J connectivity index is 2.00. The van der Waals surface area contributed by atoms with Gasteiger partial charge in [-0.05, 0) is 37.1 Å². The molecule has 1 aliphatic rings. The summed E-state index contributed by atoms with van der Waals surface area (Å²) in [4.78, 5) is 2.06. The number of hydrogen-bond acceptors (Lipinski definition) is 3. The van der Waals surface area contributed by atoms with E-state index in [1.54, 1.807) is 12.1 Å². The normalized spacial score (nSPS) is 18.9. The van der Waals surface area contributed by atoms with Crippen molar-refractivity contribution in [2.24, 2.45) is 0 Å². The van der Waals surface area contributed by atoms with E-state index in [0.717, 1.165) is 31.4 Å². The molecule has 0 saturated heterocycles. The smallest absolute Gasteiger partial charge is 0.115 e. The molecule has 0 radical (unpaired) electrons. The van der Waals surface area contributed by atoms with Crippen molar-refractivity contribution in [2.45, 2.75) is 37.7 Å². The highest BCUT2D eigenvalue weighted by Crippen LogP contribution is 2.30. The number of hydrogen-bond donors (Lipinski definition) is 2. The molecule has 1 aromatic rings. The summed E-state index contributed by atoms with van der Waals surface area (Å²) in [6, 6.07) is 7.11. The number of likely N-dealkylation sites (N-methyl/N-ethyl adjacent to an activating group) is 1. The number of phenolic OH excluding ortho intramolecular Hbond substituents is 1. The first-order chi connectivity index (χ1) is 8.09. The summed E-state index contributed by atoms with van der Waals surface area (Å²) in [5.41, 5.74) is 0.493. The molecule has 3 heteroatoms. The van der Waals surface area contributed by atoms with Gasteiger partial charge in [0, 0.05) is 19.3 Å². The van der Waals surface area contributed by atoms with Crippen molar-refractivity contribution >= 4 is 5.69 Å². The minimum Gasteiger partial charge on any atom is -0.508 e. The number of aliphatic hydroxyl groups is 1. The summed E-state index contributed by atoms with van der Waals surface area (Å²) in [6.07, 6.45) is 5.29. The van der Waals surface area contributed by atoms with Crippen LogP contribution in [0, 0.1) is 0 Å². The van der Waals surface area contributed by atoms with Gasteiger partial charge in [0.05, 0.1) is 5.60 Å². The van der Waals surface area contributed by atoms with Crippen LogP contribution < -0.4 is 4.90 Å². The highest BCUT2D eigenvalue weighted by molar-refractivity contribution is 5.48. The van der Waals surface area contributed by atoms with Crippen LogP contribution in [0.1, 0.15) is 32.1 Å². The lowest BCUT2D eigenvalue weighted by molar-refractivity contribution is 0.0119. The van der Waals surface area contributed by atoms with E-state index in [9.17, 15) is 10.2 Å². The van der Waals surface area contributed by atoms with E-state index in [0.29, 0.717) is 6.54 Å². The highest BCUT2D eigenvalue weighted by Gasteiger charge is 2.30. The number of nitrogens with zero attached hydrogens (tertiary/aromatic N) is 1. The molecular formula is C14H21NO2. The lowest BCUT2D eigenvalue weighted by Gasteiger charge is -2.36. The van der Waals surface area contributed by atoms with Crippen molar-refractivity contribution in [3.8, 4) is 5.75 Å². The second kappa shape index (κ2) is 4.96. The van der Waals surface area contributed by atoms with Crippen molar-refractivity contribution in [2.75, 3.05) is 18.5 Å². The third-order valence-corrected chi connectivity index (χ3v) is 3.61. The van der Waals surface area contributed by atoms with Crippen LogP contribution in [0.25, 0.3) is 0 Å². The number of aromatic hydroxyl groups is 1. The van der Waals surface area contributed by atoms with Gasteiger partial charge in [0.2, 0.25) is 0 Å². The Morgan fingerprint density at radius 1 is 1.12 bits per heavy atom. The van der Waals surface area contributed by atoms with E-state index >= 15 is 0 Å². The fraction of sp³-hybridized carbons (Fsp3) is 0.571. The van der Waals surface area contributed by atoms with E-state index in [4.69, 9.17) is 0 Å². The van der Waals surface area contributed by atoms with Crippen molar-refractivity contribution in [3.05, 3.63) is 24.3 Å². The van der Waals surface area contributed by atoms with E-state index < -0.39 is 5.60 Å². The summed E-state index contributed by atoms with van der Waals surface area (Å²) in [6.45, 7) is 0.664. The van der Waals surface area contributed by atoms with Gasteiger partial charge in [0.15, 0.2) is 0 Å². The van der Waals surface area contributed by atoms with Gasteiger partial charge < -0.3 is 15.1 Å². The van der Waals surface area contributed by atoms with Crippen molar-refractivity contribution in [1.82, 2.24) is 0 Å². The Bertz CT molecular complexity index is 355. The van der Waals surface area contributed by atoms with Crippen LogP contribution in [0.2, 0.25) is 0 Å². The maximum atomic E-state index is 10.5. The maximum absolute atomic E-state index is 10.5. The molecular weight excluding hydrogens is 214 g/mol. The Hall–Kier alpha value is -1.22. The van der Waals surface area contributed by atoms with Gasteiger partial charge in [-0.2, -0.15) is 0 Å². The van der Waals surface area contributed by atoms with Crippen molar-refractivity contribution in [3.63, 3.8) is 0 Å². The summed E-state index contributed by atoms with van der Waals surface area (Å²) >= 11 is 0. The monoisotopic (exact) mass is 235 g/mol. The zero-order valence-electron chi connectivity index (χ0n) is 10.4. The Kier molecular flexibility index (Phi) is 3.57. The SMILES string of the molecule is CN(CC1(O)CCCCC1)c1ccc(O)cc1. The molecule has 0 amide bonds. The molecule has 0 aliphatic heterocycles. The minimum absolute atomic E-state index is 0.276. The van der Waals surface area contributed by atoms with Gasteiger partial charge in [-0.15, -0.1) is 0 Å². The quantitative estimate of drug-likeness (QED) is 0.846. The molecule has 2 N–H and O–H groups in total. The molecule has 1 fully saturated rings. The third kappa shape index (κ3) is 3.13. The Morgan fingerprint density at radius 2 is 1.71 bits per heavy atom. The van der Waals surface area contributed by atoms with E-state index in [-0.39, 0.29) is 5.75 Å². The zero-order chi connectivity index (χ0) is 12.3. The molecule has 0 unspecified atom stereocenters. The fourth-order valence-electron chi connectivity index (χ4n) is 2.61. The van der Waals surface area contributed by atoms with Crippen LogP contribution in [-0.4, -0.2) is 29.4 Å². The van der Waals surface area contributed by atoms with Crippen molar-refractivity contribution in [1.29, 1.82) is 0 Å². The minimum atomic E-state index is -0.537. The Morgan fingerprint density at radius 3 is 2.29 bits per heavy atom. The third-order valence-electron chi connectivity index (χ3n) is 3.61. The Labute approximate surface area is 103 Å². The molecule has 1 saturated carbocycles. The van der Waals surface area contributed by atoms with Gasteiger partial charge in [-0.1, -0.05) is 19.3 Å². The van der Waals surface area contributed by atoms with E-state index in [1.165, 1.54) is 6.42 Å². The van der Waals surface area contributed by atoms with Crippen LogP contribution in [-0.2, 0) is 0 Å². The van der Waals surface area contributed by atoms with E-state index in [1.807, 2.05) is 19.2 Å². The second-order valence-corrected chi connectivity index (χ2v) is 5.16. The summed E-state index contributed by atoms with van der Waals surface area (Å²) < 4.78 is 0. The number of phenols is 1. The van der Waals surface area contributed by atoms with Crippen LogP contribution in [0.4, 0.5) is 5.69 Å². The lowest BCUT2D eigenvalue weighted by atomic mass is 9.84. The average Bonchev–Trinajstić information content (AvgIpc) is 2.30. The molecule has 0 atom stereocenters. The van der Waals surface area contributed by atoms with Gasteiger partial charge in [0.1, 0.15) is 5.75 Å². The molecule has 94 valence electrons. The predicted molar refractivity (Wildman–Crippen MR) is 69.4 cm³/mol. The fourth-order valence-corrected chi connectivity index (χ4v) is 2.61. The molecule has 0 heterocycles. The average molecular weight is 235 g/mol. The lowest BCUT2D eigenvalue weighted by Crippen LogP contribution is -2.43. The molecule has 0 aromatic heterocycles. The predicted octanol–water partition coefficient (Wildman–Crippen LogP) is 2.52. The van der Waals surface area contributed by atoms with Gasteiger partial charge in [0.25, 0.3) is 0 Å². The number of anilines is 1. The summed E-state index contributed by atoms with van der Waals surface area (Å²) in [5, 5.41) is 19.7. The molecule has 0 spiro atoms. The zero-order valence-corrected chi connectivity index (χ0v) is 10.4. The van der Waals surface area contributed by atoms with Gasteiger partial charge >= 0.3 is 0 Å².